The number of allylic oxidation sites excluding steroid dienone is 1. The van der Waals surface area contributed by atoms with Crippen LogP contribution in [0.5, 0.6) is 0 Å². The van der Waals surface area contributed by atoms with Gasteiger partial charge in [-0.25, -0.2) is 4.79 Å². The summed E-state index contributed by atoms with van der Waals surface area (Å²) < 4.78 is 5.03. The fourth-order valence-corrected chi connectivity index (χ4v) is 0.797. The van der Waals surface area contributed by atoms with Gasteiger partial charge in [-0.15, -0.1) is 5.06 Å². The number of carbonyl (C=O) groups is 2. The molecule has 0 radical (unpaired) electrons. The topological polar surface area (TPSA) is 55.8 Å². The standard InChI is InChI=1S/C9H13NO4/c1-6(2)9(12)14-10-5-13-7(3)4-8(10)11/h4,6H,5H2,1-3H3. The molecule has 0 aromatic carbocycles. The molecule has 0 aromatic rings. The zero-order valence-electron chi connectivity index (χ0n) is 8.44. The Labute approximate surface area is 82.2 Å². The molecule has 0 saturated heterocycles. The normalized spacial score (nSPS) is 16.4. The summed E-state index contributed by atoms with van der Waals surface area (Å²) in [5, 5.41) is 0.898. The molecule has 1 rings (SSSR count). The Kier molecular flexibility index (Phi) is 3.11. The predicted molar refractivity (Wildman–Crippen MR) is 47.5 cm³/mol. The quantitative estimate of drug-likeness (QED) is 0.660. The molecule has 1 amide bonds. The molecule has 0 aromatic heterocycles. The van der Waals surface area contributed by atoms with E-state index in [1.54, 1.807) is 20.8 Å². The van der Waals surface area contributed by atoms with Crippen molar-refractivity contribution in [1.82, 2.24) is 5.06 Å². The van der Waals surface area contributed by atoms with Crippen LogP contribution in [0.15, 0.2) is 11.8 Å². The summed E-state index contributed by atoms with van der Waals surface area (Å²) in [6.07, 6.45) is 1.27. The molecule has 1 heterocycles. The van der Waals surface area contributed by atoms with Crippen molar-refractivity contribution in [3.8, 4) is 0 Å². The van der Waals surface area contributed by atoms with Crippen molar-refractivity contribution in [2.45, 2.75) is 20.8 Å². The summed E-state index contributed by atoms with van der Waals surface area (Å²) in [5.74, 6) is -0.570. The number of rotatable bonds is 2. The summed E-state index contributed by atoms with van der Waals surface area (Å²) in [5.41, 5.74) is 0. The Morgan fingerprint density at radius 3 is 2.79 bits per heavy atom. The van der Waals surface area contributed by atoms with E-state index in [4.69, 9.17) is 9.57 Å². The Balaban J connectivity index is 2.56. The Morgan fingerprint density at radius 2 is 2.29 bits per heavy atom. The first-order valence-electron chi connectivity index (χ1n) is 4.35. The molecule has 0 N–H and O–H groups in total. The van der Waals surface area contributed by atoms with E-state index in [2.05, 4.69) is 0 Å². The maximum absolute atomic E-state index is 11.3. The van der Waals surface area contributed by atoms with Gasteiger partial charge in [0.2, 0.25) is 0 Å². The molecule has 78 valence electrons. The van der Waals surface area contributed by atoms with Crippen LogP contribution in [0, 0.1) is 5.92 Å². The van der Waals surface area contributed by atoms with E-state index in [9.17, 15) is 9.59 Å². The Morgan fingerprint density at radius 1 is 1.64 bits per heavy atom. The first kappa shape index (κ1) is 10.6. The molecule has 0 atom stereocenters. The smallest absolute Gasteiger partial charge is 0.335 e. The average molecular weight is 199 g/mol. The summed E-state index contributed by atoms with van der Waals surface area (Å²) in [6, 6.07) is 0. The van der Waals surface area contributed by atoms with Crippen molar-refractivity contribution in [2.75, 3.05) is 6.73 Å². The second-order valence-electron chi connectivity index (χ2n) is 3.31. The van der Waals surface area contributed by atoms with Gasteiger partial charge in [-0.1, -0.05) is 13.8 Å². The monoisotopic (exact) mass is 199 g/mol. The van der Waals surface area contributed by atoms with Crippen LogP contribution < -0.4 is 0 Å². The van der Waals surface area contributed by atoms with Crippen molar-refractivity contribution in [2.24, 2.45) is 5.92 Å². The maximum Gasteiger partial charge on any atom is 0.335 e. The van der Waals surface area contributed by atoms with Gasteiger partial charge in [-0.3, -0.25) is 4.79 Å². The molecule has 0 unspecified atom stereocenters. The van der Waals surface area contributed by atoms with E-state index in [1.807, 2.05) is 0 Å². The number of carbonyl (C=O) groups excluding carboxylic acids is 2. The fourth-order valence-electron chi connectivity index (χ4n) is 0.797. The molecule has 0 aliphatic carbocycles. The van der Waals surface area contributed by atoms with E-state index in [-0.39, 0.29) is 18.6 Å². The summed E-state index contributed by atoms with van der Waals surface area (Å²) in [7, 11) is 0. The number of hydroxylamine groups is 2. The van der Waals surface area contributed by atoms with Crippen LogP contribution in [-0.4, -0.2) is 23.7 Å². The number of ether oxygens (including phenoxy) is 1. The third-order valence-electron chi connectivity index (χ3n) is 1.65. The number of amides is 1. The van der Waals surface area contributed by atoms with Crippen LogP contribution in [0.3, 0.4) is 0 Å². The summed E-state index contributed by atoms with van der Waals surface area (Å²) >= 11 is 0. The van der Waals surface area contributed by atoms with Crippen molar-refractivity contribution in [3.05, 3.63) is 11.8 Å². The minimum atomic E-state index is -0.449. The Hall–Kier alpha value is -1.52. The lowest BCUT2D eigenvalue weighted by Gasteiger charge is -2.24. The average Bonchev–Trinajstić information content (AvgIpc) is 2.09. The Bertz CT molecular complexity index is 283. The lowest BCUT2D eigenvalue weighted by Crippen LogP contribution is -2.38. The van der Waals surface area contributed by atoms with Crippen LogP contribution in [0.2, 0.25) is 0 Å². The van der Waals surface area contributed by atoms with Gasteiger partial charge in [0.15, 0.2) is 6.73 Å². The zero-order valence-corrected chi connectivity index (χ0v) is 8.44. The molecular formula is C9H13NO4. The minimum Gasteiger partial charge on any atom is -0.474 e. The second kappa shape index (κ2) is 4.13. The van der Waals surface area contributed by atoms with Crippen LogP contribution in [0.4, 0.5) is 0 Å². The predicted octanol–water partition coefficient (Wildman–Crippen LogP) is 0.821. The third kappa shape index (κ3) is 2.48. The zero-order chi connectivity index (χ0) is 10.7. The molecule has 1 aliphatic heterocycles. The van der Waals surface area contributed by atoms with Gasteiger partial charge in [0, 0.05) is 6.08 Å². The van der Waals surface area contributed by atoms with Gasteiger partial charge in [0.25, 0.3) is 5.91 Å². The van der Waals surface area contributed by atoms with E-state index >= 15 is 0 Å². The number of hydrogen-bond donors (Lipinski definition) is 0. The first-order valence-corrected chi connectivity index (χ1v) is 4.35. The molecule has 1 aliphatic rings. The minimum absolute atomic E-state index is 0.0420. The van der Waals surface area contributed by atoms with Crippen molar-refractivity contribution in [1.29, 1.82) is 0 Å². The molecule has 14 heavy (non-hydrogen) atoms. The molecule has 0 fully saturated rings. The second-order valence-corrected chi connectivity index (χ2v) is 3.31. The van der Waals surface area contributed by atoms with Gasteiger partial charge in [0.05, 0.1) is 5.92 Å². The van der Waals surface area contributed by atoms with Gasteiger partial charge in [0.1, 0.15) is 5.76 Å². The highest BCUT2D eigenvalue weighted by Gasteiger charge is 2.23. The van der Waals surface area contributed by atoms with Crippen LogP contribution in [-0.2, 0) is 19.2 Å². The molecule has 0 saturated carbocycles. The van der Waals surface area contributed by atoms with E-state index in [1.165, 1.54) is 6.08 Å². The van der Waals surface area contributed by atoms with E-state index in [0.717, 1.165) is 5.06 Å². The highest BCUT2D eigenvalue weighted by Crippen LogP contribution is 2.09. The molecule has 0 spiro atoms. The van der Waals surface area contributed by atoms with Gasteiger partial charge >= 0.3 is 5.97 Å². The fraction of sp³-hybridized carbons (Fsp3) is 0.556. The largest absolute Gasteiger partial charge is 0.474 e. The lowest BCUT2D eigenvalue weighted by molar-refractivity contribution is -0.215. The van der Waals surface area contributed by atoms with Crippen LogP contribution in [0.1, 0.15) is 20.8 Å². The maximum atomic E-state index is 11.3. The lowest BCUT2D eigenvalue weighted by atomic mass is 10.2. The van der Waals surface area contributed by atoms with Crippen LogP contribution >= 0.6 is 0 Å². The highest BCUT2D eigenvalue weighted by molar-refractivity contribution is 5.88. The molecule has 0 bridgehead atoms. The third-order valence-corrected chi connectivity index (χ3v) is 1.65. The molecule has 5 heteroatoms. The molecule has 5 nitrogen and oxygen atoms in total. The van der Waals surface area contributed by atoms with Gasteiger partial charge in [-0.05, 0) is 6.92 Å². The summed E-state index contributed by atoms with van der Waals surface area (Å²) in [6.45, 7) is 5.01. The van der Waals surface area contributed by atoms with Gasteiger partial charge in [-0.2, -0.15) is 0 Å². The van der Waals surface area contributed by atoms with Crippen LogP contribution in [0.25, 0.3) is 0 Å². The number of nitrogens with zero attached hydrogens (tertiary/aromatic N) is 1. The summed E-state index contributed by atoms with van der Waals surface area (Å²) in [4.78, 5) is 27.2. The highest BCUT2D eigenvalue weighted by atomic mass is 16.7. The van der Waals surface area contributed by atoms with Crippen molar-refractivity contribution < 1.29 is 19.2 Å². The van der Waals surface area contributed by atoms with Crippen molar-refractivity contribution in [3.63, 3.8) is 0 Å². The van der Waals surface area contributed by atoms with E-state index in [0.29, 0.717) is 5.76 Å². The number of hydrogen-bond acceptors (Lipinski definition) is 4. The van der Waals surface area contributed by atoms with Gasteiger partial charge < -0.3 is 9.57 Å². The van der Waals surface area contributed by atoms with Crippen molar-refractivity contribution >= 4 is 11.9 Å². The van der Waals surface area contributed by atoms with E-state index < -0.39 is 5.97 Å². The molecular weight excluding hydrogens is 186 g/mol. The SMILES string of the molecule is CC1=CC(=O)N(OC(=O)C(C)C)CO1. The first-order chi connectivity index (χ1) is 6.50.